The van der Waals surface area contributed by atoms with Crippen LogP contribution < -0.4 is 5.73 Å². The maximum absolute atomic E-state index is 12.2. The standard InChI is InChI=1S/C18H21NO4/c1-18(2,3)23-17(22)14(16(20)21)15(19)13-9-8-11-6-4-5-7-12(11)10-13/h4-10,14-15H,19H2,1-3H3,(H,20,21). The number of nitrogens with two attached hydrogens (primary N) is 1. The largest absolute Gasteiger partial charge is 0.481 e. The summed E-state index contributed by atoms with van der Waals surface area (Å²) in [5.74, 6) is -3.57. The number of hydrogen-bond donors (Lipinski definition) is 2. The van der Waals surface area contributed by atoms with E-state index in [1.807, 2.05) is 30.3 Å². The fraction of sp³-hybridized carbons (Fsp3) is 0.333. The highest BCUT2D eigenvalue weighted by Crippen LogP contribution is 2.26. The molecule has 0 saturated heterocycles. The predicted octanol–water partition coefficient (Wildman–Crippen LogP) is 2.88. The SMILES string of the molecule is CC(C)(C)OC(=O)C(C(=O)O)C(N)c1ccc2ccccc2c1. The van der Waals surface area contributed by atoms with E-state index >= 15 is 0 Å². The molecular weight excluding hydrogens is 294 g/mol. The van der Waals surface area contributed by atoms with Crippen molar-refractivity contribution in [1.29, 1.82) is 0 Å². The lowest BCUT2D eigenvalue weighted by Gasteiger charge is -2.25. The molecule has 0 spiro atoms. The molecule has 2 atom stereocenters. The number of carboxylic acid groups (broad SMARTS) is 1. The van der Waals surface area contributed by atoms with Crippen LogP contribution in [0.4, 0.5) is 0 Å². The molecule has 0 saturated carbocycles. The van der Waals surface area contributed by atoms with Crippen molar-refractivity contribution in [2.45, 2.75) is 32.4 Å². The fourth-order valence-electron chi connectivity index (χ4n) is 2.37. The predicted molar refractivity (Wildman–Crippen MR) is 87.8 cm³/mol. The highest BCUT2D eigenvalue weighted by atomic mass is 16.6. The van der Waals surface area contributed by atoms with Gasteiger partial charge in [0.25, 0.3) is 0 Å². The molecule has 0 bridgehead atoms. The van der Waals surface area contributed by atoms with Crippen molar-refractivity contribution in [2.24, 2.45) is 11.7 Å². The van der Waals surface area contributed by atoms with E-state index in [0.29, 0.717) is 5.56 Å². The Morgan fingerprint density at radius 1 is 1.09 bits per heavy atom. The number of rotatable bonds is 4. The van der Waals surface area contributed by atoms with Crippen molar-refractivity contribution in [3.8, 4) is 0 Å². The van der Waals surface area contributed by atoms with Crippen LogP contribution in [0.1, 0.15) is 32.4 Å². The Balaban J connectivity index is 2.34. The number of carboxylic acids is 1. The summed E-state index contributed by atoms with van der Waals surface area (Å²) in [6, 6.07) is 12.1. The molecule has 0 radical (unpaired) electrons. The number of esters is 1. The van der Waals surface area contributed by atoms with Gasteiger partial charge >= 0.3 is 11.9 Å². The molecule has 2 unspecified atom stereocenters. The normalized spacial score (nSPS) is 14.3. The summed E-state index contributed by atoms with van der Waals surface area (Å²) in [6.07, 6.45) is 0. The summed E-state index contributed by atoms with van der Waals surface area (Å²) in [5, 5.41) is 11.4. The quantitative estimate of drug-likeness (QED) is 0.669. The lowest BCUT2D eigenvalue weighted by atomic mass is 9.92. The number of hydrogen-bond acceptors (Lipinski definition) is 4. The first-order chi connectivity index (χ1) is 10.7. The molecule has 0 heterocycles. The second-order valence-corrected chi connectivity index (χ2v) is 6.48. The van der Waals surface area contributed by atoms with Gasteiger partial charge in [0.15, 0.2) is 5.92 Å². The summed E-state index contributed by atoms with van der Waals surface area (Å²) < 4.78 is 5.19. The van der Waals surface area contributed by atoms with E-state index in [4.69, 9.17) is 10.5 Å². The molecule has 5 nitrogen and oxygen atoms in total. The molecule has 122 valence electrons. The molecule has 0 aliphatic carbocycles. The third-order valence-corrected chi connectivity index (χ3v) is 3.44. The number of aliphatic carboxylic acids is 1. The van der Waals surface area contributed by atoms with E-state index in [2.05, 4.69) is 0 Å². The van der Waals surface area contributed by atoms with E-state index in [1.54, 1.807) is 32.9 Å². The zero-order chi connectivity index (χ0) is 17.2. The van der Waals surface area contributed by atoms with E-state index in [1.165, 1.54) is 0 Å². The van der Waals surface area contributed by atoms with Gasteiger partial charge in [0, 0.05) is 0 Å². The second-order valence-electron chi connectivity index (χ2n) is 6.48. The Morgan fingerprint density at radius 3 is 2.26 bits per heavy atom. The molecule has 0 amide bonds. The first kappa shape index (κ1) is 17.0. The van der Waals surface area contributed by atoms with Gasteiger partial charge in [0.2, 0.25) is 0 Å². The third-order valence-electron chi connectivity index (χ3n) is 3.44. The molecule has 0 aliphatic heterocycles. The van der Waals surface area contributed by atoms with Crippen molar-refractivity contribution < 1.29 is 19.4 Å². The average Bonchev–Trinajstić information content (AvgIpc) is 2.44. The maximum Gasteiger partial charge on any atom is 0.322 e. The van der Waals surface area contributed by atoms with E-state index < -0.39 is 29.5 Å². The number of carbonyl (C=O) groups excluding carboxylic acids is 1. The average molecular weight is 315 g/mol. The Kier molecular flexibility index (Phi) is 4.71. The van der Waals surface area contributed by atoms with Gasteiger partial charge in [-0.25, -0.2) is 0 Å². The van der Waals surface area contributed by atoms with Crippen LogP contribution in [0, 0.1) is 5.92 Å². The van der Waals surface area contributed by atoms with E-state index in [9.17, 15) is 14.7 Å². The van der Waals surface area contributed by atoms with Crippen molar-refractivity contribution >= 4 is 22.7 Å². The molecule has 0 aliphatic rings. The molecule has 2 aromatic rings. The zero-order valence-corrected chi connectivity index (χ0v) is 13.4. The molecule has 2 rings (SSSR count). The van der Waals surface area contributed by atoms with Crippen LogP contribution >= 0.6 is 0 Å². The van der Waals surface area contributed by atoms with Gasteiger partial charge in [-0.05, 0) is 43.2 Å². The summed E-state index contributed by atoms with van der Waals surface area (Å²) in [4.78, 5) is 23.7. The van der Waals surface area contributed by atoms with Crippen molar-refractivity contribution in [2.75, 3.05) is 0 Å². The number of fused-ring (bicyclic) bond motifs is 1. The lowest BCUT2D eigenvalue weighted by Crippen LogP contribution is -2.39. The summed E-state index contributed by atoms with van der Waals surface area (Å²) in [7, 11) is 0. The van der Waals surface area contributed by atoms with Crippen LogP contribution in [-0.2, 0) is 14.3 Å². The van der Waals surface area contributed by atoms with Crippen LogP contribution in [-0.4, -0.2) is 22.6 Å². The minimum absolute atomic E-state index is 0.585. The third kappa shape index (κ3) is 4.07. The first-order valence-electron chi connectivity index (χ1n) is 7.39. The van der Waals surface area contributed by atoms with Gasteiger partial charge in [0.1, 0.15) is 5.60 Å². The smallest absolute Gasteiger partial charge is 0.322 e. The highest BCUT2D eigenvalue weighted by molar-refractivity contribution is 5.95. The van der Waals surface area contributed by atoms with Crippen molar-refractivity contribution in [3.63, 3.8) is 0 Å². The van der Waals surface area contributed by atoms with Crippen molar-refractivity contribution in [3.05, 3.63) is 48.0 Å². The zero-order valence-electron chi connectivity index (χ0n) is 13.4. The van der Waals surface area contributed by atoms with Crippen LogP contribution in [0.5, 0.6) is 0 Å². The van der Waals surface area contributed by atoms with Gasteiger partial charge in [0.05, 0.1) is 6.04 Å². The van der Waals surface area contributed by atoms with Crippen molar-refractivity contribution in [1.82, 2.24) is 0 Å². The van der Waals surface area contributed by atoms with Crippen LogP contribution in [0.25, 0.3) is 10.8 Å². The van der Waals surface area contributed by atoms with Gasteiger partial charge in [-0.3, -0.25) is 9.59 Å². The molecule has 5 heteroatoms. The van der Waals surface area contributed by atoms with Gasteiger partial charge in [-0.15, -0.1) is 0 Å². The fourth-order valence-corrected chi connectivity index (χ4v) is 2.37. The minimum Gasteiger partial charge on any atom is -0.481 e. The van der Waals surface area contributed by atoms with E-state index in [-0.39, 0.29) is 0 Å². The number of ether oxygens (including phenoxy) is 1. The minimum atomic E-state index is -1.45. The Hall–Kier alpha value is -2.40. The molecule has 3 N–H and O–H groups in total. The maximum atomic E-state index is 12.2. The van der Waals surface area contributed by atoms with Gasteiger partial charge in [-0.2, -0.15) is 0 Å². The van der Waals surface area contributed by atoms with Gasteiger partial charge < -0.3 is 15.6 Å². The number of carbonyl (C=O) groups is 2. The molecular formula is C18H21NO4. The topological polar surface area (TPSA) is 89.6 Å². The highest BCUT2D eigenvalue weighted by Gasteiger charge is 2.37. The van der Waals surface area contributed by atoms with Gasteiger partial charge in [-0.1, -0.05) is 36.4 Å². The summed E-state index contributed by atoms with van der Waals surface area (Å²) in [5.41, 5.74) is 5.88. The van der Waals surface area contributed by atoms with Crippen LogP contribution in [0.3, 0.4) is 0 Å². The monoisotopic (exact) mass is 315 g/mol. The Morgan fingerprint density at radius 2 is 1.70 bits per heavy atom. The molecule has 0 fully saturated rings. The van der Waals surface area contributed by atoms with E-state index in [0.717, 1.165) is 10.8 Å². The molecule has 2 aromatic carbocycles. The molecule has 23 heavy (non-hydrogen) atoms. The number of benzene rings is 2. The Bertz CT molecular complexity index is 733. The summed E-state index contributed by atoms with van der Waals surface area (Å²) >= 11 is 0. The second kappa shape index (κ2) is 6.38. The Labute approximate surface area is 135 Å². The summed E-state index contributed by atoms with van der Waals surface area (Å²) in [6.45, 7) is 5.06. The van der Waals surface area contributed by atoms with Crippen LogP contribution in [0.2, 0.25) is 0 Å². The lowest BCUT2D eigenvalue weighted by molar-refractivity contribution is -0.167. The van der Waals surface area contributed by atoms with Crippen LogP contribution in [0.15, 0.2) is 42.5 Å². The molecule has 0 aromatic heterocycles. The first-order valence-corrected chi connectivity index (χ1v) is 7.39.